The van der Waals surface area contributed by atoms with Gasteiger partial charge in [0.05, 0.1) is 10.6 Å². The molecule has 0 radical (unpaired) electrons. The number of carboxylic acid groups (broad SMARTS) is 1. The van der Waals surface area contributed by atoms with Gasteiger partial charge in [0.25, 0.3) is 0 Å². The Labute approximate surface area is 110 Å². The lowest BCUT2D eigenvalue weighted by atomic mass is 10.2. The maximum Gasteiger partial charge on any atom is 0.337 e. The van der Waals surface area contributed by atoms with Crippen LogP contribution in [0.5, 0.6) is 0 Å². The van der Waals surface area contributed by atoms with Gasteiger partial charge in [-0.15, -0.1) is 0 Å². The Morgan fingerprint density at radius 2 is 2.06 bits per heavy atom. The van der Waals surface area contributed by atoms with Crippen LogP contribution >= 0.6 is 11.6 Å². The molecule has 0 heterocycles. The van der Waals surface area contributed by atoms with Crippen LogP contribution in [0.3, 0.4) is 0 Å². The fourth-order valence-electron chi connectivity index (χ4n) is 1.20. The number of benzene rings is 1. The maximum atomic E-state index is 11.4. The molecule has 4 nitrogen and oxygen atoms in total. The molecule has 2 N–H and O–H groups in total. The topological polar surface area (TPSA) is 66.4 Å². The van der Waals surface area contributed by atoms with Crippen molar-refractivity contribution in [2.24, 2.45) is 0 Å². The molecule has 94 valence electrons. The van der Waals surface area contributed by atoms with Gasteiger partial charge in [-0.2, -0.15) is 0 Å². The largest absolute Gasteiger partial charge is 0.478 e. The zero-order valence-corrected chi connectivity index (χ0v) is 10.4. The summed E-state index contributed by atoms with van der Waals surface area (Å²) in [6.45, 7) is 1.84. The van der Waals surface area contributed by atoms with E-state index in [0.717, 1.165) is 0 Å². The highest BCUT2D eigenvalue weighted by molar-refractivity contribution is 6.33. The van der Waals surface area contributed by atoms with Crippen LogP contribution in [0.4, 0.5) is 5.69 Å². The number of rotatable bonds is 4. The summed E-state index contributed by atoms with van der Waals surface area (Å²) in [6, 6.07) is 4.22. The summed E-state index contributed by atoms with van der Waals surface area (Å²) in [5, 5.41) is 11.4. The van der Waals surface area contributed by atoms with E-state index in [-0.39, 0.29) is 16.5 Å². The first kappa shape index (κ1) is 14.0. The van der Waals surface area contributed by atoms with E-state index < -0.39 is 5.97 Å². The summed E-state index contributed by atoms with van der Waals surface area (Å²) in [4.78, 5) is 22.2. The second kappa shape index (κ2) is 6.61. The smallest absolute Gasteiger partial charge is 0.337 e. The fraction of sp³-hybridized carbons (Fsp3) is 0.0769. The lowest BCUT2D eigenvalue weighted by Gasteiger charge is -2.04. The summed E-state index contributed by atoms with van der Waals surface area (Å²) in [6.07, 6.45) is 6.48. The van der Waals surface area contributed by atoms with Gasteiger partial charge in [0.2, 0.25) is 5.91 Å². The average molecular weight is 266 g/mol. The molecule has 0 spiro atoms. The van der Waals surface area contributed by atoms with E-state index in [0.29, 0.717) is 5.69 Å². The SMILES string of the molecule is CC=CC=CC(=O)Nc1ccc(C(=O)O)c(Cl)c1. The second-order valence-corrected chi connectivity index (χ2v) is 3.78. The van der Waals surface area contributed by atoms with Gasteiger partial charge in [0.15, 0.2) is 0 Å². The van der Waals surface area contributed by atoms with E-state index in [1.54, 1.807) is 18.2 Å². The van der Waals surface area contributed by atoms with Crippen molar-refractivity contribution in [2.75, 3.05) is 5.32 Å². The van der Waals surface area contributed by atoms with Crippen molar-refractivity contribution in [3.63, 3.8) is 0 Å². The quantitative estimate of drug-likeness (QED) is 0.649. The Morgan fingerprint density at radius 3 is 2.61 bits per heavy atom. The highest BCUT2D eigenvalue weighted by Gasteiger charge is 2.09. The zero-order valence-electron chi connectivity index (χ0n) is 9.68. The first-order valence-electron chi connectivity index (χ1n) is 5.17. The van der Waals surface area contributed by atoms with Gasteiger partial charge in [0.1, 0.15) is 0 Å². The molecule has 0 aliphatic heterocycles. The van der Waals surface area contributed by atoms with Crippen molar-refractivity contribution in [2.45, 2.75) is 6.92 Å². The van der Waals surface area contributed by atoms with Gasteiger partial charge < -0.3 is 10.4 Å². The normalized spacial score (nSPS) is 11.0. The number of carbonyl (C=O) groups is 2. The van der Waals surface area contributed by atoms with Crippen LogP contribution in [-0.4, -0.2) is 17.0 Å². The number of hydrogen-bond acceptors (Lipinski definition) is 2. The monoisotopic (exact) mass is 265 g/mol. The van der Waals surface area contributed by atoms with E-state index >= 15 is 0 Å². The van der Waals surface area contributed by atoms with E-state index in [2.05, 4.69) is 5.32 Å². The zero-order chi connectivity index (χ0) is 13.5. The van der Waals surface area contributed by atoms with Crippen LogP contribution < -0.4 is 5.32 Å². The van der Waals surface area contributed by atoms with Gasteiger partial charge in [-0.05, 0) is 25.1 Å². The summed E-state index contributed by atoms with van der Waals surface area (Å²) in [7, 11) is 0. The first-order valence-corrected chi connectivity index (χ1v) is 5.55. The van der Waals surface area contributed by atoms with Crippen molar-refractivity contribution >= 4 is 29.2 Å². The molecule has 1 aromatic rings. The van der Waals surface area contributed by atoms with Crippen molar-refractivity contribution in [3.8, 4) is 0 Å². The third-order valence-electron chi connectivity index (χ3n) is 2.02. The van der Waals surface area contributed by atoms with Crippen molar-refractivity contribution in [1.29, 1.82) is 0 Å². The molecule has 0 fully saturated rings. The molecule has 0 atom stereocenters. The third-order valence-corrected chi connectivity index (χ3v) is 2.33. The summed E-state index contributed by atoms with van der Waals surface area (Å²) in [5.41, 5.74) is 0.444. The Hall–Kier alpha value is -2.07. The molecule has 1 aromatic carbocycles. The molecule has 0 saturated carbocycles. The minimum absolute atomic E-state index is 0.000811. The summed E-state index contributed by atoms with van der Waals surface area (Å²) in [5.74, 6) is -1.42. The van der Waals surface area contributed by atoms with Crippen LogP contribution in [0.1, 0.15) is 17.3 Å². The summed E-state index contributed by atoms with van der Waals surface area (Å²) < 4.78 is 0. The van der Waals surface area contributed by atoms with Crippen LogP contribution in [0, 0.1) is 0 Å². The van der Waals surface area contributed by atoms with E-state index in [4.69, 9.17) is 16.7 Å². The van der Waals surface area contributed by atoms with Crippen molar-refractivity contribution < 1.29 is 14.7 Å². The summed E-state index contributed by atoms with van der Waals surface area (Å²) >= 11 is 5.77. The molecule has 0 aliphatic carbocycles. The molecular formula is C13H12ClNO3. The van der Waals surface area contributed by atoms with Crippen LogP contribution in [0.2, 0.25) is 5.02 Å². The van der Waals surface area contributed by atoms with Gasteiger partial charge >= 0.3 is 5.97 Å². The minimum atomic E-state index is -1.11. The number of carbonyl (C=O) groups excluding carboxylic acids is 1. The predicted octanol–water partition coefficient (Wildman–Crippen LogP) is 3.11. The van der Waals surface area contributed by atoms with Gasteiger partial charge in [-0.25, -0.2) is 4.79 Å². The second-order valence-electron chi connectivity index (χ2n) is 3.37. The highest BCUT2D eigenvalue weighted by Crippen LogP contribution is 2.20. The Balaban J connectivity index is 2.77. The lowest BCUT2D eigenvalue weighted by Crippen LogP contribution is -2.08. The Morgan fingerprint density at radius 1 is 1.33 bits per heavy atom. The first-order chi connectivity index (χ1) is 8.54. The molecule has 0 bridgehead atoms. The van der Waals surface area contributed by atoms with Crippen LogP contribution in [0.15, 0.2) is 42.5 Å². The number of aromatic carboxylic acids is 1. The molecule has 18 heavy (non-hydrogen) atoms. The van der Waals surface area contributed by atoms with Gasteiger partial charge in [-0.1, -0.05) is 29.8 Å². The molecule has 0 aliphatic rings. The lowest BCUT2D eigenvalue weighted by molar-refractivity contribution is -0.111. The van der Waals surface area contributed by atoms with Crippen LogP contribution in [-0.2, 0) is 4.79 Å². The van der Waals surface area contributed by atoms with Crippen molar-refractivity contribution in [1.82, 2.24) is 0 Å². The maximum absolute atomic E-state index is 11.4. The fourth-order valence-corrected chi connectivity index (χ4v) is 1.47. The third kappa shape index (κ3) is 4.07. The van der Waals surface area contributed by atoms with Crippen LogP contribution in [0.25, 0.3) is 0 Å². The molecule has 5 heteroatoms. The number of amides is 1. The van der Waals surface area contributed by atoms with Gasteiger partial charge in [0, 0.05) is 11.8 Å². The molecule has 1 rings (SSSR count). The Bertz CT molecular complexity index is 521. The number of halogens is 1. The number of allylic oxidation sites excluding steroid dienone is 3. The number of anilines is 1. The minimum Gasteiger partial charge on any atom is -0.478 e. The van der Waals surface area contributed by atoms with Gasteiger partial charge in [-0.3, -0.25) is 4.79 Å². The number of hydrogen-bond donors (Lipinski definition) is 2. The average Bonchev–Trinajstić information content (AvgIpc) is 2.28. The number of carboxylic acids is 1. The number of nitrogens with one attached hydrogen (secondary N) is 1. The molecule has 0 saturated heterocycles. The molecular weight excluding hydrogens is 254 g/mol. The molecule has 0 unspecified atom stereocenters. The van der Waals surface area contributed by atoms with Crippen molar-refractivity contribution in [3.05, 3.63) is 53.1 Å². The highest BCUT2D eigenvalue weighted by atomic mass is 35.5. The molecule has 0 aromatic heterocycles. The van der Waals surface area contributed by atoms with E-state index in [9.17, 15) is 9.59 Å². The van der Waals surface area contributed by atoms with E-state index in [1.165, 1.54) is 24.3 Å². The van der Waals surface area contributed by atoms with E-state index in [1.807, 2.05) is 6.92 Å². The predicted molar refractivity (Wildman–Crippen MR) is 71.0 cm³/mol. The molecule has 1 amide bonds. The Kier molecular flexibility index (Phi) is 5.14. The standard InChI is InChI=1S/C13H12ClNO3/c1-2-3-4-5-12(16)15-9-6-7-10(13(17)18)11(14)8-9/h2-8H,1H3,(H,15,16)(H,17,18).